The van der Waals surface area contributed by atoms with Gasteiger partial charge in [-0.25, -0.2) is 0 Å². The number of ether oxygens (including phenoxy) is 1. The SMILES string of the molecule is O=C(c1ccncc1)N1CC[C@@H](Oc2cccc3cnccc23)[C@H](O)C1. The molecule has 6 heteroatoms. The molecule has 3 aromatic rings. The number of aliphatic hydroxyl groups is 1. The lowest BCUT2D eigenvalue weighted by molar-refractivity contribution is -0.0193. The molecule has 1 aromatic carbocycles. The molecule has 0 radical (unpaired) electrons. The fourth-order valence-electron chi connectivity index (χ4n) is 3.27. The first-order valence-corrected chi connectivity index (χ1v) is 8.59. The Kier molecular flexibility index (Phi) is 4.50. The molecule has 4 rings (SSSR count). The van der Waals surface area contributed by atoms with Crippen molar-refractivity contribution in [3.8, 4) is 5.75 Å². The minimum Gasteiger partial charge on any atom is -0.487 e. The Morgan fingerprint density at radius 3 is 2.73 bits per heavy atom. The number of β-amino-alcohol motifs (C(OH)–C–C–N with tert-alkyl or cyclic N) is 1. The zero-order chi connectivity index (χ0) is 17.9. The molecule has 132 valence electrons. The number of carbonyl (C=O) groups is 1. The molecule has 1 N–H and O–H groups in total. The highest BCUT2D eigenvalue weighted by Crippen LogP contribution is 2.28. The largest absolute Gasteiger partial charge is 0.487 e. The number of fused-ring (bicyclic) bond motifs is 1. The molecule has 0 aliphatic carbocycles. The third-order valence-electron chi connectivity index (χ3n) is 4.65. The van der Waals surface area contributed by atoms with Crippen molar-refractivity contribution in [1.82, 2.24) is 14.9 Å². The van der Waals surface area contributed by atoms with Crippen LogP contribution in [0.1, 0.15) is 16.8 Å². The van der Waals surface area contributed by atoms with Crippen molar-refractivity contribution in [2.45, 2.75) is 18.6 Å². The van der Waals surface area contributed by atoms with Crippen LogP contribution in [0.15, 0.2) is 61.2 Å². The zero-order valence-corrected chi connectivity index (χ0v) is 14.2. The summed E-state index contributed by atoms with van der Waals surface area (Å²) in [5, 5.41) is 12.5. The van der Waals surface area contributed by atoms with Gasteiger partial charge in [-0.2, -0.15) is 0 Å². The molecule has 2 atom stereocenters. The number of benzene rings is 1. The van der Waals surface area contributed by atoms with Gasteiger partial charge in [0.05, 0.1) is 6.54 Å². The Labute approximate surface area is 151 Å². The van der Waals surface area contributed by atoms with E-state index >= 15 is 0 Å². The normalized spacial score (nSPS) is 20.1. The molecule has 26 heavy (non-hydrogen) atoms. The number of aromatic nitrogens is 2. The molecule has 6 nitrogen and oxygen atoms in total. The van der Waals surface area contributed by atoms with Gasteiger partial charge < -0.3 is 14.7 Å². The Hall–Kier alpha value is -2.99. The molecule has 0 bridgehead atoms. The summed E-state index contributed by atoms with van der Waals surface area (Å²) >= 11 is 0. The number of hydrogen-bond acceptors (Lipinski definition) is 5. The second-order valence-electron chi connectivity index (χ2n) is 6.35. The average molecular weight is 349 g/mol. The predicted molar refractivity (Wildman–Crippen MR) is 96.9 cm³/mol. The first-order valence-electron chi connectivity index (χ1n) is 8.59. The number of rotatable bonds is 3. The summed E-state index contributed by atoms with van der Waals surface area (Å²) in [6.07, 6.45) is 6.17. The highest BCUT2D eigenvalue weighted by atomic mass is 16.5. The molecule has 1 amide bonds. The van der Waals surface area contributed by atoms with Gasteiger partial charge in [-0.1, -0.05) is 12.1 Å². The maximum atomic E-state index is 12.5. The topological polar surface area (TPSA) is 75.6 Å². The van der Waals surface area contributed by atoms with Crippen LogP contribution in [-0.4, -0.2) is 51.2 Å². The Bertz CT molecular complexity index is 911. The van der Waals surface area contributed by atoms with E-state index in [-0.39, 0.29) is 18.6 Å². The molecule has 0 spiro atoms. The molecule has 1 fully saturated rings. The van der Waals surface area contributed by atoms with E-state index < -0.39 is 6.10 Å². The predicted octanol–water partition coefficient (Wildman–Crippen LogP) is 2.28. The van der Waals surface area contributed by atoms with Crippen molar-refractivity contribution >= 4 is 16.7 Å². The van der Waals surface area contributed by atoms with E-state index in [9.17, 15) is 9.90 Å². The summed E-state index contributed by atoms with van der Waals surface area (Å²) < 4.78 is 6.09. The van der Waals surface area contributed by atoms with Crippen LogP contribution in [-0.2, 0) is 0 Å². The van der Waals surface area contributed by atoms with Gasteiger partial charge in [0.15, 0.2) is 0 Å². The first-order chi connectivity index (χ1) is 12.7. The van der Waals surface area contributed by atoms with E-state index in [1.54, 1.807) is 41.8 Å². The van der Waals surface area contributed by atoms with Gasteiger partial charge in [-0.05, 0) is 24.3 Å². The van der Waals surface area contributed by atoms with Crippen molar-refractivity contribution in [3.63, 3.8) is 0 Å². The first kappa shape index (κ1) is 16.5. The zero-order valence-electron chi connectivity index (χ0n) is 14.2. The van der Waals surface area contributed by atoms with Crippen molar-refractivity contribution in [2.75, 3.05) is 13.1 Å². The Balaban J connectivity index is 1.47. The van der Waals surface area contributed by atoms with Crippen LogP contribution in [0.4, 0.5) is 0 Å². The average Bonchev–Trinajstić information content (AvgIpc) is 2.70. The van der Waals surface area contributed by atoms with Gasteiger partial charge in [0.1, 0.15) is 18.0 Å². The molecule has 1 aliphatic heterocycles. The maximum absolute atomic E-state index is 12.5. The number of likely N-dealkylation sites (tertiary alicyclic amines) is 1. The van der Waals surface area contributed by atoms with E-state index in [2.05, 4.69) is 9.97 Å². The standard InChI is InChI=1S/C20H19N3O3/c24-17-13-23(20(25)14-4-8-21-9-5-14)11-7-19(17)26-18-3-1-2-15-12-22-10-6-16(15)18/h1-6,8-10,12,17,19,24H,7,11,13H2/t17-,19-/m1/s1. The number of aliphatic hydroxyl groups excluding tert-OH is 1. The Morgan fingerprint density at radius 1 is 1.12 bits per heavy atom. The lowest BCUT2D eigenvalue weighted by Gasteiger charge is -2.36. The van der Waals surface area contributed by atoms with E-state index in [1.807, 2.05) is 24.3 Å². The second-order valence-corrected chi connectivity index (χ2v) is 6.35. The van der Waals surface area contributed by atoms with Gasteiger partial charge in [-0.15, -0.1) is 0 Å². The van der Waals surface area contributed by atoms with E-state index in [0.29, 0.717) is 18.5 Å². The highest BCUT2D eigenvalue weighted by Gasteiger charge is 2.32. The monoisotopic (exact) mass is 349 g/mol. The number of nitrogens with zero attached hydrogens (tertiary/aromatic N) is 3. The molecule has 3 heterocycles. The van der Waals surface area contributed by atoms with Gasteiger partial charge in [0, 0.05) is 54.1 Å². The number of piperidine rings is 1. The molecule has 1 saturated heterocycles. The van der Waals surface area contributed by atoms with Crippen LogP contribution < -0.4 is 4.74 Å². The van der Waals surface area contributed by atoms with Crippen molar-refractivity contribution < 1.29 is 14.6 Å². The number of carbonyl (C=O) groups excluding carboxylic acids is 1. The quantitative estimate of drug-likeness (QED) is 0.785. The molecule has 2 aromatic heterocycles. The summed E-state index contributed by atoms with van der Waals surface area (Å²) in [6, 6.07) is 11.0. The number of amides is 1. The summed E-state index contributed by atoms with van der Waals surface area (Å²) in [7, 11) is 0. The number of hydrogen-bond donors (Lipinski definition) is 1. The van der Waals surface area contributed by atoms with Crippen LogP contribution >= 0.6 is 0 Å². The summed E-state index contributed by atoms with van der Waals surface area (Å²) in [5.41, 5.74) is 0.577. The molecule has 1 aliphatic rings. The summed E-state index contributed by atoms with van der Waals surface area (Å²) in [4.78, 5) is 22.2. The smallest absolute Gasteiger partial charge is 0.254 e. The van der Waals surface area contributed by atoms with Crippen LogP contribution in [0.2, 0.25) is 0 Å². The lowest BCUT2D eigenvalue weighted by atomic mass is 10.0. The van der Waals surface area contributed by atoms with Gasteiger partial charge in [0.2, 0.25) is 0 Å². The maximum Gasteiger partial charge on any atom is 0.254 e. The van der Waals surface area contributed by atoms with Crippen molar-refractivity contribution in [3.05, 3.63) is 66.7 Å². The van der Waals surface area contributed by atoms with Gasteiger partial charge >= 0.3 is 0 Å². The highest BCUT2D eigenvalue weighted by molar-refractivity contribution is 5.94. The fourth-order valence-corrected chi connectivity index (χ4v) is 3.27. The molecule has 0 unspecified atom stereocenters. The lowest BCUT2D eigenvalue weighted by Crippen LogP contribution is -2.51. The van der Waals surface area contributed by atoms with Crippen LogP contribution in [0, 0.1) is 0 Å². The van der Waals surface area contributed by atoms with Gasteiger partial charge in [-0.3, -0.25) is 14.8 Å². The summed E-state index contributed by atoms with van der Waals surface area (Å²) in [6.45, 7) is 0.785. The molecular weight excluding hydrogens is 330 g/mol. The van der Waals surface area contributed by atoms with Crippen LogP contribution in [0.3, 0.4) is 0 Å². The molecule has 0 saturated carbocycles. The van der Waals surface area contributed by atoms with E-state index in [1.165, 1.54) is 0 Å². The van der Waals surface area contributed by atoms with Gasteiger partial charge in [0.25, 0.3) is 5.91 Å². The fraction of sp³-hybridized carbons (Fsp3) is 0.250. The van der Waals surface area contributed by atoms with E-state index in [4.69, 9.17) is 4.74 Å². The minimum absolute atomic E-state index is 0.0962. The second kappa shape index (κ2) is 7.09. The molecular formula is C20H19N3O3. The third-order valence-corrected chi connectivity index (χ3v) is 4.65. The van der Waals surface area contributed by atoms with Crippen molar-refractivity contribution in [1.29, 1.82) is 0 Å². The number of pyridine rings is 2. The third kappa shape index (κ3) is 3.23. The van der Waals surface area contributed by atoms with E-state index in [0.717, 1.165) is 16.5 Å². The minimum atomic E-state index is -0.744. The Morgan fingerprint density at radius 2 is 1.92 bits per heavy atom. The summed E-state index contributed by atoms with van der Waals surface area (Å²) in [5.74, 6) is 0.629. The van der Waals surface area contributed by atoms with Crippen molar-refractivity contribution in [2.24, 2.45) is 0 Å². The van der Waals surface area contributed by atoms with Crippen LogP contribution in [0.5, 0.6) is 5.75 Å². The van der Waals surface area contributed by atoms with Crippen LogP contribution in [0.25, 0.3) is 10.8 Å².